The molecular formula is C20H26N2O6S. The third-order valence-electron chi connectivity index (χ3n) is 4.20. The molecule has 9 heteroatoms. The Bertz CT molecular complexity index is 942. The van der Waals surface area contributed by atoms with Crippen LogP contribution in [-0.4, -0.2) is 52.5 Å². The summed E-state index contributed by atoms with van der Waals surface area (Å²) in [5.41, 5.74) is 0.250. The van der Waals surface area contributed by atoms with Gasteiger partial charge in [-0.3, -0.25) is 4.79 Å². The van der Waals surface area contributed by atoms with Crippen molar-refractivity contribution in [1.82, 2.24) is 4.31 Å². The van der Waals surface area contributed by atoms with E-state index in [1.54, 1.807) is 38.1 Å². The Morgan fingerprint density at radius 3 is 2.31 bits per heavy atom. The molecule has 0 atom stereocenters. The second-order valence-corrected chi connectivity index (χ2v) is 7.91. The zero-order chi connectivity index (χ0) is 21.4. The van der Waals surface area contributed by atoms with Crippen LogP contribution in [-0.2, 0) is 14.8 Å². The van der Waals surface area contributed by atoms with Gasteiger partial charge in [0.25, 0.3) is 5.91 Å². The second kappa shape index (κ2) is 10.1. The molecule has 0 fully saturated rings. The molecule has 0 radical (unpaired) electrons. The summed E-state index contributed by atoms with van der Waals surface area (Å²) in [6, 6.07) is 11.2. The Balaban J connectivity index is 2.17. The van der Waals surface area contributed by atoms with E-state index in [9.17, 15) is 13.2 Å². The lowest BCUT2D eigenvalue weighted by atomic mass is 10.3. The highest BCUT2D eigenvalue weighted by molar-refractivity contribution is 7.89. The number of carbonyl (C=O) groups is 1. The van der Waals surface area contributed by atoms with Gasteiger partial charge in [0.1, 0.15) is 17.2 Å². The van der Waals surface area contributed by atoms with Crippen molar-refractivity contribution in [2.75, 3.05) is 39.2 Å². The molecule has 0 spiro atoms. The number of hydrogen-bond acceptors (Lipinski definition) is 6. The predicted molar refractivity (Wildman–Crippen MR) is 110 cm³/mol. The van der Waals surface area contributed by atoms with E-state index in [-0.39, 0.29) is 17.2 Å². The van der Waals surface area contributed by atoms with Gasteiger partial charge in [0.05, 0.1) is 24.8 Å². The van der Waals surface area contributed by atoms with Gasteiger partial charge in [-0.15, -0.1) is 0 Å². The van der Waals surface area contributed by atoms with Crippen LogP contribution in [0.5, 0.6) is 17.2 Å². The van der Waals surface area contributed by atoms with Crippen LogP contribution >= 0.6 is 0 Å². The van der Waals surface area contributed by atoms with Crippen LogP contribution in [0, 0.1) is 0 Å². The third-order valence-corrected chi connectivity index (χ3v) is 6.25. The molecule has 0 saturated heterocycles. The van der Waals surface area contributed by atoms with E-state index in [0.29, 0.717) is 30.3 Å². The van der Waals surface area contributed by atoms with Crippen molar-refractivity contribution in [1.29, 1.82) is 0 Å². The van der Waals surface area contributed by atoms with Crippen molar-refractivity contribution in [3.05, 3.63) is 42.5 Å². The smallest absolute Gasteiger partial charge is 0.262 e. The highest BCUT2D eigenvalue weighted by Gasteiger charge is 2.23. The Morgan fingerprint density at radius 1 is 1.00 bits per heavy atom. The number of anilines is 1. The quantitative estimate of drug-likeness (QED) is 0.633. The number of nitrogens with one attached hydrogen (secondary N) is 1. The predicted octanol–water partition coefficient (Wildman–Crippen LogP) is 2.75. The summed E-state index contributed by atoms with van der Waals surface area (Å²) in [7, 11) is -0.686. The first kappa shape index (κ1) is 22.5. The van der Waals surface area contributed by atoms with Crippen LogP contribution in [0.15, 0.2) is 47.4 Å². The van der Waals surface area contributed by atoms with Gasteiger partial charge in [-0.25, -0.2) is 8.42 Å². The Hall–Kier alpha value is -2.78. The van der Waals surface area contributed by atoms with E-state index in [4.69, 9.17) is 14.2 Å². The second-order valence-electron chi connectivity index (χ2n) is 5.97. The van der Waals surface area contributed by atoms with Crippen molar-refractivity contribution in [3.8, 4) is 17.2 Å². The molecule has 2 rings (SSSR count). The van der Waals surface area contributed by atoms with Crippen molar-refractivity contribution in [2.24, 2.45) is 0 Å². The first-order valence-corrected chi connectivity index (χ1v) is 10.5. The zero-order valence-electron chi connectivity index (χ0n) is 17.0. The molecule has 8 nitrogen and oxygen atoms in total. The average Bonchev–Trinajstić information content (AvgIpc) is 2.73. The fourth-order valence-electron chi connectivity index (χ4n) is 2.68. The Labute approximate surface area is 171 Å². The van der Waals surface area contributed by atoms with Gasteiger partial charge in [0.15, 0.2) is 6.61 Å². The van der Waals surface area contributed by atoms with Crippen LogP contribution in [0.3, 0.4) is 0 Å². The normalized spacial score (nSPS) is 11.2. The molecule has 0 aromatic heterocycles. The summed E-state index contributed by atoms with van der Waals surface area (Å²) < 4.78 is 42.6. The molecule has 0 aliphatic rings. The van der Waals surface area contributed by atoms with Crippen LogP contribution in [0.1, 0.15) is 13.8 Å². The molecule has 1 amide bonds. The van der Waals surface area contributed by atoms with E-state index >= 15 is 0 Å². The summed E-state index contributed by atoms with van der Waals surface area (Å²) in [6.07, 6.45) is 0. The number of rotatable bonds is 10. The molecule has 0 aliphatic heterocycles. The van der Waals surface area contributed by atoms with Crippen LogP contribution in [0.25, 0.3) is 0 Å². The minimum Gasteiger partial charge on any atom is -0.497 e. The summed E-state index contributed by atoms with van der Waals surface area (Å²) in [4.78, 5) is 12.4. The molecule has 0 unspecified atom stereocenters. The molecule has 29 heavy (non-hydrogen) atoms. The number of benzene rings is 2. The molecule has 0 bridgehead atoms. The van der Waals surface area contributed by atoms with E-state index in [1.807, 2.05) is 0 Å². The maximum atomic E-state index is 12.7. The minimum absolute atomic E-state index is 0.0750. The number of hydrogen-bond donors (Lipinski definition) is 1. The van der Waals surface area contributed by atoms with Gasteiger partial charge in [-0.05, 0) is 30.3 Å². The molecule has 0 saturated carbocycles. The third kappa shape index (κ3) is 5.61. The molecule has 0 aliphatic carbocycles. The number of sulfonamides is 1. The topological polar surface area (TPSA) is 94.2 Å². The molecule has 2 aromatic rings. The lowest BCUT2D eigenvalue weighted by molar-refractivity contribution is -0.118. The Morgan fingerprint density at radius 2 is 1.69 bits per heavy atom. The van der Waals surface area contributed by atoms with E-state index < -0.39 is 15.9 Å². The fourth-order valence-corrected chi connectivity index (χ4v) is 4.17. The summed E-state index contributed by atoms with van der Waals surface area (Å²) in [5.74, 6) is 0.977. The number of ether oxygens (including phenoxy) is 3. The van der Waals surface area contributed by atoms with Crippen LogP contribution in [0.4, 0.5) is 5.69 Å². The number of carbonyl (C=O) groups excluding carboxylic acids is 1. The molecule has 158 valence electrons. The van der Waals surface area contributed by atoms with Gasteiger partial charge in [-0.2, -0.15) is 4.31 Å². The standard InChI is InChI=1S/C20H26N2O6S/c1-5-22(6-2)29(24,25)17-10-11-19(27-4)18(13-17)21-20(23)14-28-16-9-7-8-15(12-16)26-3/h7-13H,5-6,14H2,1-4H3,(H,21,23). The summed E-state index contributed by atoms with van der Waals surface area (Å²) in [5, 5.41) is 2.64. The van der Waals surface area contributed by atoms with Crippen molar-refractivity contribution < 1.29 is 27.4 Å². The first-order chi connectivity index (χ1) is 13.8. The molecule has 0 heterocycles. The number of methoxy groups -OCH3 is 2. The number of amides is 1. The van der Waals surface area contributed by atoms with Gasteiger partial charge < -0.3 is 19.5 Å². The van der Waals surface area contributed by atoms with E-state index in [1.165, 1.54) is 36.7 Å². The van der Waals surface area contributed by atoms with Crippen LogP contribution in [0.2, 0.25) is 0 Å². The largest absolute Gasteiger partial charge is 0.497 e. The molecule has 2 aromatic carbocycles. The Kier molecular flexibility index (Phi) is 7.86. The lowest BCUT2D eigenvalue weighted by Crippen LogP contribution is -2.30. The first-order valence-electron chi connectivity index (χ1n) is 9.10. The van der Waals surface area contributed by atoms with E-state index in [0.717, 1.165) is 0 Å². The SMILES string of the molecule is CCN(CC)S(=O)(=O)c1ccc(OC)c(NC(=O)COc2cccc(OC)c2)c1. The van der Waals surface area contributed by atoms with Crippen molar-refractivity contribution >= 4 is 21.6 Å². The maximum Gasteiger partial charge on any atom is 0.262 e. The van der Waals surface area contributed by atoms with E-state index in [2.05, 4.69) is 5.32 Å². The number of nitrogens with zero attached hydrogens (tertiary/aromatic N) is 1. The summed E-state index contributed by atoms with van der Waals surface area (Å²) in [6.45, 7) is 3.97. The highest BCUT2D eigenvalue weighted by atomic mass is 32.2. The maximum absolute atomic E-state index is 12.7. The average molecular weight is 423 g/mol. The van der Waals surface area contributed by atoms with Gasteiger partial charge in [-0.1, -0.05) is 19.9 Å². The van der Waals surface area contributed by atoms with Gasteiger partial charge in [0.2, 0.25) is 10.0 Å². The highest BCUT2D eigenvalue weighted by Crippen LogP contribution is 2.29. The lowest BCUT2D eigenvalue weighted by Gasteiger charge is -2.19. The van der Waals surface area contributed by atoms with Gasteiger partial charge >= 0.3 is 0 Å². The van der Waals surface area contributed by atoms with Crippen LogP contribution < -0.4 is 19.5 Å². The van der Waals surface area contributed by atoms with Crippen molar-refractivity contribution in [3.63, 3.8) is 0 Å². The minimum atomic E-state index is -3.67. The fraction of sp³-hybridized carbons (Fsp3) is 0.350. The van der Waals surface area contributed by atoms with Gasteiger partial charge in [0, 0.05) is 19.2 Å². The molecular weight excluding hydrogens is 396 g/mol. The molecule has 1 N–H and O–H groups in total. The van der Waals surface area contributed by atoms with Crippen molar-refractivity contribution in [2.45, 2.75) is 18.7 Å². The summed E-state index contributed by atoms with van der Waals surface area (Å²) >= 11 is 0. The zero-order valence-corrected chi connectivity index (χ0v) is 17.8. The monoisotopic (exact) mass is 422 g/mol.